The molecule has 0 atom stereocenters. The van der Waals surface area contributed by atoms with Crippen LogP contribution in [0.15, 0.2) is 52.3 Å². The fraction of sp³-hybridized carbons (Fsp3) is 0.200. The number of hydrogen-bond donors (Lipinski definition) is 0. The molecular weight excluding hydrogens is 429 g/mol. The Morgan fingerprint density at radius 1 is 1.10 bits per heavy atom. The van der Waals surface area contributed by atoms with Gasteiger partial charge in [-0.05, 0) is 35.9 Å². The Balaban J connectivity index is 1.77. The number of benzene rings is 1. The van der Waals surface area contributed by atoms with Gasteiger partial charge in [0.2, 0.25) is 5.28 Å². The summed E-state index contributed by atoms with van der Waals surface area (Å²) in [6.45, 7) is 0.503. The van der Waals surface area contributed by atoms with Crippen LogP contribution in [0.2, 0.25) is 10.3 Å². The van der Waals surface area contributed by atoms with Gasteiger partial charge in [0.05, 0.1) is 6.54 Å². The van der Waals surface area contributed by atoms with Gasteiger partial charge in [-0.1, -0.05) is 17.7 Å². The Morgan fingerprint density at radius 3 is 2.63 bits per heavy atom. The van der Waals surface area contributed by atoms with Crippen LogP contribution in [0.4, 0.5) is 0 Å². The van der Waals surface area contributed by atoms with Crippen LogP contribution in [0.25, 0.3) is 11.2 Å². The molecule has 8 nitrogen and oxygen atoms in total. The van der Waals surface area contributed by atoms with Gasteiger partial charge >= 0.3 is 5.69 Å². The summed E-state index contributed by atoms with van der Waals surface area (Å²) in [5, 5.41) is 0.598. The first kappa shape index (κ1) is 20.2. The van der Waals surface area contributed by atoms with Gasteiger partial charge in [0.15, 0.2) is 11.2 Å². The lowest BCUT2D eigenvalue weighted by Crippen LogP contribution is -2.37. The van der Waals surface area contributed by atoms with E-state index >= 15 is 0 Å². The van der Waals surface area contributed by atoms with Crippen molar-refractivity contribution in [2.24, 2.45) is 14.1 Å². The normalized spacial score (nSPS) is 11.2. The van der Waals surface area contributed by atoms with E-state index in [0.717, 1.165) is 10.1 Å². The molecule has 4 aromatic rings. The summed E-state index contributed by atoms with van der Waals surface area (Å²) in [7, 11) is 2.96. The Morgan fingerprint density at radius 2 is 1.90 bits per heavy atom. The summed E-state index contributed by atoms with van der Waals surface area (Å²) in [6.07, 6.45) is 3.41. The number of halogens is 2. The highest BCUT2D eigenvalue weighted by Crippen LogP contribution is 2.27. The average molecular weight is 446 g/mol. The molecule has 0 aliphatic rings. The Labute approximate surface area is 180 Å². The molecule has 0 spiro atoms. The van der Waals surface area contributed by atoms with Gasteiger partial charge in [-0.3, -0.25) is 18.9 Å². The van der Waals surface area contributed by atoms with Crippen LogP contribution < -0.4 is 16.0 Å². The van der Waals surface area contributed by atoms with Crippen LogP contribution in [-0.4, -0.2) is 23.7 Å². The molecule has 0 amide bonds. The Hall–Kier alpha value is -3.10. The van der Waals surface area contributed by atoms with Crippen molar-refractivity contribution in [1.29, 1.82) is 0 Å². The fourth-order valence-corrected chi connectivity index (χ4v) is 3.61. The van der Waals surface area contributed by atoms with E-state index < -0.39 is 11.2 Å². The van der Waals surface area contributed by atoms with Crippen molar-refractivity contribution in [1.82, 2.24) is 23.7 Å². The van der Waals surface area contributed by atoms with Crippen molar-refractivity contribution in [2.45, 2.75) is 13.2 Å². The van der Waals surface area contributed by atoms with E-state index in [-0.39, 0.29) is 23.0 Å². The molecule has 0 aliphatic carbocycles. The van der Waals surface area contributed by atoms with E-state index in [1.807, 2.05) is 12.1 Å². The number of aryl methyl sites for hydroxylation is 1. The van der Waals surface area contributed by atoms with Gasteiger partial charge in [0, 0.05) is 42.6 Å². The molecule has 154 valence electrons. The maximum absolute atomic E-state index is 12.8. The Kier molecular flexibility index (Phi) is 5.36. The summed E-state index contributed by atoms with van der Waals surface area (Å²) in [4.78, 5) is 33.2. The fourth-order valence-electron chi connectivity index (χ4n) is 3.19. The van der Waals surface area contributed by atoms with Gasteiger partial charge in [-0.25, -0.2) is 4.79 Å². The molecule has 0 N–H and O–H groups in total. The van der Waals surface area contributed by atoms with E-state index in [9.17, 15) is 9.59 Å². The lowest BCUT2D eigenvalue weighted by molar-refractivity contribution is 0.302. The smallest absolute Gasteiger partial charge is 0.332 e. The first-order chi connectivity index (χ1) is 14.4. The van der Waals surface area contributed by atoms with E-state index in [2.05, 4.69) is 9.97 Å². The second-order valence-electron chi connectivity index (χ2n) is 6.75. The monoisotopic (exact) mass is 445 g/mol. The first-order valence-corrected chi connectivity index (χ1v) is 9.74. The molecule has 4 rings (SSSR count). The number of rotatable bonds is 5. The highest BCUT2D eigenvalue weighted by Gasteiger charge is 2.19. The van der Waals surface area contributed by atoms with Crippen LogP contribution in [0.3, 0.4) is 0 Å². The molecule has 3 heterocycles. The van der Waals surface area contributed by atoms with Crippen LogP contribution in [0, 0.1) is 0 Å². The zero-order chi connectivity index (χ0) is 21.4. The Bertz CT molecular complexity index is 1360. The zero-order valence-corrected chi connectivity index (χ0v) is 17.7. The molecule has 10 heteroatoms. The van der Waals surface area contributed by atoms with E-state index in [4.69, 9.17) is 27.9 Å². The van der Waals surface area contributed by atoms with Crippen molar-refractivity contribution in [3.05, 3.63) is 85.0 Å². The standard InChI is InChI=1S/C20H17Cl2N5O3/c1-25-17-16(18(28)26(2)20(25)29)27(19(22)24-17)10-13-8-14(21)5-6-15(13)30-11-12-4-3-7-23-9-12/h3-9H,10-11H2,1-2H3. The number of ether oxygens (including phenoxy) is 1. The van der Waals surface area contributed by atoms with Gasteiger partial charge < -0.3 is 9.30 Å². The van der Waals surface area contributed by atoms with Crippen LogP contribution in [0.1, 0.15) is 11.1 Å². The minimum Gasteiger partial charge on any atom is -0.488 e. The van der Waals surface area contributed by atoms with Crippen LogP contribution in [-0.2, 0) is 27.2 Å². The summed E-state index contributed by atoms with van der Waals surface area (Å²) in [5.74, 6) is 0.586. The topological polar surface area (TPSA) is 83.9 Å². The molecule has 30 heavy (non-hydrogen) atoms. The molecule has 0 bridgehead atoms. The van der Waals surface area contributed by atoms with Crippen molar-refractivity contribution >= 4 is 34.4 Å². The summed E-state index contributed by atoms with van der Waals surface area (Å²) >= 11 is 12.5. The second kappa shape index (κ2) is 7.97. The van der Waals surface area contributed by atoms with Gasteiger partial charge in [-0.2, -0.15) is 4.98 Å². The molecule has 1 aromatic carbocycles. The summed E-state index contributed by atoms with van der Waals surface area (Å²) < 4.78 is 9.82. The first-order valence-electron chi connectivity index (χ1n) is 8.98. The number of aromatic nitrogens is 5. The maximum atomic E-state index is 12.8. The predicted molar refractivity (Wildman–Crippen MR) is 114 cm³/mol. The summed E-state index contributed by atoms with van der Waals surface area (Å²) in [5.41, 5.74) is 1.11. The minimum absolute atomic E-state index is 0.0847. The van der Waals surface area contributed by atoms with Gasteiger partial charge in [0.1, 0.15) is 12.4 Å². The van der Waals surface area contributed by atoms with Crippen LogP contribution in [0.5, 0.6) is 5.75 Å². The van der Waals surface area contributed by atoms with Gasteiger partial charge in [0.25, 0.3) is 5.56 Å². The zero-order valence-electron chi connectivity index (χ0n) is 16.2. The molecule has 0 radical (unpaired) electrons. The van der Waals surface area contributed by atoms with Crippen molar-refractivity contribution in [3.63, 3.8) is 0 Å². The summed E-state index contributed by atoms with van der Waals surface area (Å²) in [6, 6.07) is 8.97. The molecule has 0 fully saturated rings. The second-order valence-corrected chi connectivity index (χ2v) is 7.52. The largest absolute Gasteiger partial charge is 0.488 e. The molecule has 0 aliphatic heterocycles. The van der Waals surface area contributed by atoms with E-state index in [0.29, 0.717) is 22.9 Å². The number of imidazole rings is 1. The van der Waals surface area contributed by atoms with E-state index in [1.165, 1.54) is 11.6 Å². The highest BCUT2D eigenvalue weighted by atomic mass is 35.5. The van der Waals surface area contributed by atoms with Gasteiger partial charge in [-0.15, -0.1) is 0 Å². The van der Waals surface area contributed by atoms with E-state index in [1.54, 1.807) is 42.2 Å². The third kappa shape index (κ3) is 3.59. The average Bonchev–Trinajstić information content (AvgIpc) is 3.07. The van der Waals surface area contributed by atoms with Crippen molar-refractivity contribution in [3.8, 4) is 5.75 Å². The SMILES string of the molecule is Cn1c(=O)c2c(nc(Cl)n2Cc2cc(Cl)ccc2OCc2cccnc2)n(C)c1=O. The molecule has 3 aromatic heterocycles. The molecule has 0 unspecified atom stereocenters. The number of hydrogen-bond acceptors (Lipinski definition) is 5. The van der Waals surface area contributed by atoms with Crippen molar-refractivity contribution < 1.29 is 4.74 Å². The number of nitrogens with zero attached hydrogens (tertiary/aromatic N) is 5. The quantitative estimate of drug-likeness (QED) is 0.441. The highest BCUT2D eigenvalue weighted by molar-refractivity contribution is 6.30. The molecule has 0 saturated carbocycles. The molecular formula is C20H17Cl2N5O3. The number of pyridine rings is 1. The minimum atomic E-state index is -0.479. The predicted octanol–water partition coefficient (Wildman–Crippen LogP) is 2.76. The van der Waals surface area contributed by atoms with Crippen LogP contribution >= 0.6 is 23.2 Å². The van der Waals surface area contributed by atoms with Crippen molar-refractivity contribution in [2.75, 3.05) is 0 Å². The number of fused-ring (bicyclic) bond motifs is 1. The third-order valence-electron chi connectivity index (χ3n) is 4.77. The lowest BCUT2D eigenvalue weighted by Gasteiger charge is -2.14. The maximum Gasteiger partial charge on any atom is 0.332 e. The molecule has 0 saturated heterocycles. The lowest BCUT2D eigenvalue weighted by atomic mass is 10.2. The third-order valence-corrected chi connectivity index (χ3v) is 5.29.